The van der Waals surface area contributed by atoms with Crippen LogP contribution in [0.1, 0.15) is 191 Å². The van der Waals surface area contributed by atoms with Gasteiger partial charge in [0.25, 0.3) is 0 Å². The summed E-state index contributed by atoms with van der Waals surface area (Å²) < 4.78 is 56.5. The van der Waals surface area contributed by atoms with Crippen molar-refractivity contribution in [3.05, 3.63) is 0 Å². The maximum absolute atomic E-state index is 15.2. The summed E-state index contributed by atoms with van der Waals surface area (Å²) in [5.74, 6) is -10.7. The fourth-order valence-electron chi connectivity index (χ4n) is 13.4. The molecule has 2 saturated carbocycles. The van der Waals surface area contributed by atoms with E-state index >= 15 is 4.39 Å². The first-order valence-corrected chi connectivity index (χ1v) is 34.1. The second-order valence-electron chi connectivity index (χ2n) is 29.1. The molecule has 26 heteroatoms. The van der Waals surface area contributed by atoms with Gasteiger partial charge in [-0.3, -0.25) is 52.7 Å². The lowest BCUT2D eigenvalue weighted by atomic mass is 9.78. The molecule has 4 fully saturated rings. The fourth-order valence-corrected chi connectivity index (χ4v) is 13.4. The van der Waals surface area contributed by atoms with E-state index in [9.17, 15) is 65.9 Å². The Labute approximate surface area is 550 Å². The number of fused-ring (bicyclic) bond motifs is 1. The van der Waals surface area contributed by atoms with Gasteiger partial charge in [-0.15, -0.1) is 0 Å². The van der Waals surface area contributed by atoms with Gasteiger partial charge in [0.1, 0.15) is 48.0 Å². The lowest BCUT2D eigenvalue weighted by Crippen LogP contribution is -2.63. The number of nitrogens with zero attached hydrogens (tertiary/aromatic N) is 7. The highest BCUT2D eigenvalue weighted by atomic mass is 19.4. The average Bonchev–Trinajstić information content (AvgIpc) is 0.898. The first-order valence-electron chi connectivity index (χ1n) is 34.1. The van der Waals surface area contributed by atoms with Crippen molar-refractivity contribution in [2.24, 2.45) is 41.4 Å². The summed E-state index contributed by atoms with van der Waals surface area (Å²) in [5, 5.41) is 11.3. The summed E-state index contributed by atoms with van der Waals surface area (Å²) >= 11 is 0. The Morgan fingerprint density at radius 3 is 1.67 bits per heavy atom. The Kier molecular flexibility index (Phi) is 30.4. The minimum Gasteiger partial charge on any atom is -0.343 e. The Bertz CT molecular complexity index is 2590. The molecule has 4 N–H and O–H groups in total. The Hall–Kier alpha value is -6.11. The maximum Gasteiger partial charge on any atom is 0.394 e. The predicted molar refractivity (Wildman–Crippen MR) is 345 cm³/mol. The number of halogens is 4. The number of rotatable bonds is 13. The van der Waals surface area contributed by atoms with Crippen LogP contribution in [0.5, 0.6) is 0 Å². The van der Waals surface area contributed by atoms with E-state index in [1.807, 2.05) is 34.6 Å². The van der Waals surface area contributed by atoms with Gasteiger partial charge >= 0.3 is 6.18 Å². The second kappa shape index (κ2) is 35.6. The van der Waals surface area contributed by atoms with Crippen molar-refractivity contribution in [3.63, 3.8) is 0 Å². The monoisotopic (exact) mass is 1320 g/mol. The summed E-state index contributed by atoms with van der Waals surface area (Å²) in [5.41, 5.74) is -1.69. The minimum absolute atomic E-state index is 0.00526. The molecule has 2 heterocycles. The summed E-state index contributed by atoms with van der Waals surface area (Å²) in [6.07, 6.45) is -1.04. The van der Waals surface area contributed by atoms with Crippen LogP contribution in [-0.2, 0) is 52.7 Å². The number of alkyl halides is 4. The number of carbonyl (C=O) groups is 11. The Morgan fingerprint density at radius 2 is 1.10 bits per heavy atom. The lowest BCUT2D eigenvalue weighted by Gasteiger charge is -2.41. The van der Waals surface area contributed by atoms with E-state index < -0.39 is 175 Å². The molecule has 11 amide bonds. The topological polar surface area (TPSA) is 259 Å². The van der Waals surface area contributed by atoms with Crippen molar-refractivity contribution in [1.82, 2.24) is 55.6 Å². The SMILES string of the molecule is CC[C@H](C)[C@@H]1NC(=O)[C@H](CC(C)C)N(C)C(=O)C[C@H]2CCCCN2C(=O)[C@H](CC(C)C)NC(=O)C(C)(C)N(C)C(=O)[C@H](CC(C)C)NC(=O)[C@H](CCC2CCC(C(F)(F)F)C(F)C2)NC(=O)CN(C)C(=O)[C@H](CC2CCCCC2)N(C)C(=O)CN(C)C(=O)CN(C)C1=O. The molecule has 4 rings (SSSR count). The van der Waals surface area contributed by atoms with Crippen LogP contribution >= 0.6 is 0 Å². The largest absolute Gasteiger partial charge is 0.394 e. The smallest absolute Gasteiger partial charge is 0.343 e. The summed E-state index contributed by atoms with van der Waals surface area (Å²) in [6.45, 7) is 16.4. The van der Waals surface area contributed by atoms with E-state index in [2.05, 4.69) is 21.3 Å². The van der Waals surface area contributed by atoms with Gasteiger partial charge in [-0.25, -0.2) is 4.39 Å². The summed E-state index contributed by atoms with van der Waals surface area (Å²) in [4.78, 5) is 169. The molecule has 4 aliphatic rings. The molecule has 0 bridgehead atoms. The summed E-state index contributed by atoms with van der Waals surface area (Å²) in [6, 6.07) is -7.85. The predicted octanol–water partition coefficient (Wildman–Crippen LogP) is 6.23. The normalized spacial score (nSPS) is 28.8. The van der Waals surface area contributed by atoms with Crippen LogP contribution in [0.2, 0.25) is 0 Å². The fraction of sp³-hybridized carbons (Fsp3) is 0.836. The number of likely N-dealkylation sites (N-methyl/N-ethyl adjacent to an activating group) is 6. The van der Waals surface area contributed by atoms with Crippen LogP contribution in [0, 0.1) is 41.4 Å². The van der Waals surface area contributed by atoms with E-state index in [0.29, 0.717) is 25.7 Å². The molecule has 22 nitrogen and oxygen atoms in total. The van der Waals surface area contributed by atoms with E-state index in [-0.39, 0.29) is 81.6 Å². The molecule has 0 radical (unpaired) electrons. The highest BCUT2D eigenvalue weighted by Crippen LogP contribution is 2.43. The molecule has 0 spiro atoms. The van der Waals surface area contributed by atoms with Gasteiger partial charge in [-0.05, 0) is 126 Å². The van der Waals surface area contributed by atoms with Gasteiger partial charge in [0.15, 0.2) is 0 Å². The zero-order chi connectivity index (χ0) is 70.1. The van der Waals surface area contributed by atoms with Crippen molar-refractivity contribution in [2.45, 2.75) is 251 Å². The average molecular weight is 1320 g/mol. The molecule has 2 aliphatic heterocycles. The quantitative estimate of drug-likeness (QED) is 0.150. The third-order valence-electron chi connectivity index (χ3n) is 19.9. The molecular formula is C67H113F4N11O11. The van der Waals surface area contributed by atoms with Crippen LogP contribution in [0.4, 0.5) is 17.6 Å². The van der Waals surface area contributed by atoms with Crippen molar-refractivity contribution >= 4 is 65.0 Å². The van der Waals surface area contributed by atoms with Crippen LogP contribution < -0.4 is 21.3 Å². The summed E-state index contributed by atoms with van der Waals surface area (Å²) in [7, 11) is 8.47. The van der Waals surface area contributed by atoms with Crippen LogP contribution in [0.3, 0.4) is 0 Å². The van der Waals surface area contributed by atoms with Gasteiger partial charge in [0.05, 0.1) is 25.6 Å². The van der Waals surface area contributed by atoms with Crippen molar-refractivity contribution < 1.29 is 70.3 Å². The number of hydrogen-bond acceptors (Lipinski definition) is 11. The van der Waals surface area contributed by atoms with E-state index in [1.54, 1.807) is 25.7 Å². The van der Waals surface area contributed by atoms with Crippen LogP contribution in [0.15, 0.2) is 0 Å². The standard InChI is InChI=1S/C67H113F4N11O11/c1-17-43(8)58-64(92)78(13)38-56(85)76(11)39-57(86)80(15)53(35-44-23-19-18-20-24-44)63(91)77(12)37-54(83)72-49(29-27-45-26-28-47(48(68)34-45)67(69,70)71)59(87)73-50(31-40(2)3)61(89)81(16)66(9,10)65(93)74-51(32-41(4)5)62(90)82-30-22-21-25-46(82)36-55(84)79(14)52(33-42(6)7)60(88)75-58/h40-53,58H,17-39H2,1-16H3,(H,72,83)(H,73,87)(H,74,93)(H,75,88)/t43-,45?,46+,47?,48?,49-,50-,51-,52-,53-,58-/m0/s1. The van der Waals surface area contributed by atoms with Crippen molar-refractivity contribution in [3.8, 4) is 0 Å². The second-order valence-corrected chi connectivity index (χ2v) is 29.1. The number of piperidine rings is 1. The van der Waals surface area contributed by atoms with Gasteiger partial charge in [-0.1, -0.05) is 93.9 Å². The van der Waals surface area contributed by atoms with Gasteiger partial charge < -0.3 is 55.6 Å². The molecule has 0 aromatic heterocycles. The molecular weight excluding hydrogens is 1210 g/mol. The van der Waals surface area contributed by atoms with Gasteiger partial charge in [0.2, 0.25) is 65.0 Å². The zero-order valence-corrected chi connectivity index (χ0v) is 58.6. The first kappa shape index (κ1) is 79.3. The highest BCUT2D eigenvalue weighted by Gasteiger charge is 2.49. The van der Waals surface area contributed by atoms with Crippen molar-refractivity contribution in [1.29, 1.82) is 0 Å². The molecule has 11 atom stereocenters. The van der Waals surface area contributed by atoms with Crippen LogP contribution in [-0.4, -0.2) is 228 Å². The van der Waals surface area contributed by atoms with E-state index in [4.69, 9.17) is 0 Å². The maximum atomic E-state index is 15.2. The number of amides is 11. The number of carbonyl (C=O) groups excluding carboxylic acids is 11. The number of hydrogen-bond donors (Lipinski definition) is 4. The Balaban J connectivity index is 1.82. The molecule has 3 unspecified atom stereocenters. The Morgan fingerprint density at radius 1 is 0.538 bits per heavy atom. The third kappa shape index (κ3) is 22.8. The molecule has 93 heavy (non-hydrogen) atoms. The van der Waals surface area contributed by atoms with E-state index in [0.717, 1.165) is 46.8 Å². The molecule has 0 aromatic rings. The zero-order valence-electron chi connectivity index (χ0n) is 58.6. The third-order valence-corrected chi connectivity index (χ3v) is 19.9. The van der Waals surface area contributed by atoms with Crippen LogP contribution in [0.25, 0.3) is 0 Å². The molecule has 530 valence electrons. The van der Waals surface area contributed by atoms with Crippen molar-refractivity contribution in [2.75, 3.05) is 68.5 Å². The molecule has 2 aliphatic carbocycles. The highest BCUT2D eigenvalue weighted by molar-refractivity contribution is 5.99. The number of nitrogens with one attached hydrogen (secondary N) is 4. The minimum atomic E-state index is -4.75. The molecule has 0 aromatic carbocycles. The van der Waals surface area contributed by atoms with Gasteiger partial charge in [0, 0.05) is 61.3 Å². The van der Waals surface area contributed by atoms with E-state index in [1.165, 1.54) is 70.8 Å². The first-order chi connectivity index (χ1) is 43.3. The molecule has 2 saturated heterocycles. The lowest BCUT2D eigenvalue weighted by molar-refractivity contribution is -0.201. The van der Waals surface area contributed by atoms with Gasteiger partial charge in [-0.2, -0.15) is 13.2 Å².